The standard InChI is InChI=1S/C15H16ClN3OS/c1-9-5-4-6-12(11(9)3)17-14-7-13(16)18-15(19-14)21-8-10(2)20/h4-7H,8H2,1-3H3,(H,17,18,19). The Bertz CT molecular complexity index is 676. The molecule has 0 saturated heterocycles. The zero-order valence-electron chi connectivity index (χ0n) is 12.1. The fraction of sp³-hybridized carbons (Fsp3) is 0.267. The van der Waals surface area contributed by atoms with Crippen molar-refractivity contribution in [1.29, 1.82) is 0 Å². The molecular formula is C15H16ClN3OS. The third-order valence-corrected chi connectivity index (χ3v) is 4.13. The molecule has 1 aromatic heterocycles. The van der Waals surface area contributed by atoms with E-state index in [1.165, 1.54) is 24.2 Å². The molecular weight excluding hydrogens is 306 g/mol. The van der Waals surface area contributed by atoms with Crippen LogP contribution in [0, 0.1) is 13.8 Å². The van der Waals surface area contributed by atoms with Crippen molar-refractivity contribution in [3.63, 3.8) is 0 Å². The van der Waals surface area contributed by atoms with Gasteiger partial charge < -0.3 is 5.32 Å². The molecule has 0 aliphatic heterocycles. The van der Waals surface area contributed by atoms with Crippen LogP contribution in [0.1, 0.15) is 18.1 Å². The summed E-state index contributed by atoms with van der Waals surface area (Å²) in [5.41, 5.74) is 3.34. The van der Waals surface area contributed by atoms with E-state index in [1.54, 1.807) is 6.07 Å². The molecule has 1 N–H and O–H groups in total. The minimum atomic E-state index is 0.0765. The summed E-state index contributed by atoms with van der Waals surface area (Å²) < 4.78 is 0. The highest BCUT2D eigenvalue weighted by Crippen LogP contribution is 2.25. The number of benzene rings is 1. The molecule has 2 rings (SSSR count). The fourth-order valence-corrected chi connectivity index (χ4v) is 2.61. The Hall–Kier alpha value is -1.59. The Morgan fingerprint density at radius 1 is 1.33 bits per heavy atom. The first kappa shape index (κ1) is 15.8. The number of carbonyl (C=O) groups excluding carboxylic acids is 1. The van der Waals surface area contributed by atoms with Crippen LogP contribution in [0.3, 0.4) is 0 Å². The highest BCUT2D eigenvalue weighted by atomic mass is 35.5. The van der Waals surface area contributed by atoms with Gasteiger partial charge in [-0.15, -0.1) is 0 Å². The predicted octanol–water partition coefficient (Wildman–Crippen LogP) is 4.17. The second-order valence-corrected chi connectivity index (χ2v) is 6.05. The van der Waals surface area contributed by atoms with E-state index in [-0.39, 0.29) is 5.78 Å². The number of rotatable bonds is 5. The number of thioether (sulfide) groups is 1. The van der Waals surface area contributed by atoms with E-state index in [2.05, 4.69) is 28.3 Å². The van der Waals surface area contributed by atoms with Crippen molar-refractivity contribution in [3.05, 3.63) is 40.5 Å². The van der Waals surface area contributed by atoms with E-state index < -0.39 is 0 Å². The highest BCUT2D eigenvalue weighted by Gasteiger charge is 2.07. The van der Waals surface area contributed by atoms with Crippen LogP contribution < -0.4 is 5.32 Å². The lowest BCUT2D eigenvalue weighted by Crippen LogP contribution is -2.01. The number of anilines is 2. The summed E-state index contributed by atoms with van der Waals surface area (Å²) in [6, 6.07) is 7.70. The molecule has 4 nitrogen and oxygen atoms in total. The van der Waals surface area contributed by atoms with Crippen molar-refractivity contribution in [2.75, 3.05) is 11.1 Å². The zero-order valence-corrected chi connectivity index (χ0v) is 13.7. The summed E-state index contributed by atoms with van der Waals surface area (Å²) >= 11 is 7.29. The Kier molecular flexibility index (Phi) is 5.20. The molecule has 0 bridgehead atoms. The maximum atomic E-state index is 11.0. The Labute approximate surface area is 133 Å². The molecule has 110 valence electrons. The van der Waals surface area contributed by atoms with Gasteiger partial charge in [-0.2, -0.15) is 0 Å². The summed E-state index contributed by atoms with van der Waals surface area (Å²) in [4.78, 5) is 19.5. The van der Waals surface area contributed by atoms with Crippen LogP contribution in [0.2, 0.25) is 5.15 Å². The number of nitrogens with zero attached hydrogens (tertiary/aromatic N) is 2. The van der Waals surface area contributed by atoms with Gasteiger partial charge in [0.25, 0.3) is 0 Å². The average molecular weight is 322 g/mol. The minimum absolute atomic E-state index is 0.0765. The van der Waals surface area contributed by atoms with Gasteiger partial charge in [-0.05, 0) is 38.0 Å². The quantitative estimate of drug-likeness (QED) is 0.509. The second-order valence-electron chi connectivity index (χ2n) is 4.72. The third kappa shape index (κ3) is 4.44. The Morgan fingerprint density at radius 2 is 2.10 bits per heavy atom. The molecule has 1 aromatic carbocycles. The maximum absolute atomic E-state index is 11.0. The SMILES string of the molecule is CC(=O)CSc1nc(Cl)cc(Nc2cccc(C)c2C)n1. The average Bonchev–Trinajstić information content (AvgIpc) is 2.41. The van der Waals surface area contributed by atoms with Gasteiger partial charge in [0, 0.05) is 11.8 Å². The lowest BCUT2D eigenvalue weighted by atomic mass is 10.1. The number of hydrogen-bond acceptors (Lipinski definition) is 5. The Balaban J connectivity index is 2.23. The molecule has 6 heteroatoms. The monoisotopic (exact) mass is 321 g/mol. The van der Waals surface area contributed by atoms with Crippen molar-refractivity contribution in [1.82, 2.24) is 9.97 Å². The summed E-state index contributed by atoms with van der Waals surface area (Å²) in [5, 5.41) is 4.09. The summed E-state index contributed by atoms with van der Waals surface area (Å²) in [6.07, 6.45) is 0. The third-order valence-electron chi connectivity index (χ3n) is 2.95. The molecule has 0 unspecified atom stereocenters. The topological polar surface area (TPSA) is 54.9 Å². The van der Waals surface area contributed by atoms with Crippen LogP contribution in [0.25, 0.3) is 0 Å². The van der Waals surface area contributed by atoms with Gasteiger partial charge in [0.1, 0.15) is 16.8 Å². The van der Waals surface area contributed by atoms with Crippen molar-refractivity contribution >= 4 is 40.7 Å². The van der Waals surface area contributed by atoms with Crippen LogP contribution in [0.5, 0.6) is 0 Å². The van der Waals surface area contributed by atoms with E-state index >= 15 is 0 Å². The van der Waals surface area contributed by atoms with Gasteiger partial charge in [-0.25, -0.2) is 9.97 Å². The van der Waals surface area contributed by atoms with E-state index in [0.717, 1.165) is 11.3 Å². The van der Waals surface area contributed by atoms with Gasteiger partial charge >= 0.3 is 0 Å². The number of aryl methyl sites for hydroxylation is 1. The van der Waals surface area contributed by atoms with Crippen molar-refractivity contribution in [2.45, 2.75) is 25.9 Å². The van der Waals surface area contributed by atoms with Crippen molar-refractivity contribution < 1.29 is 4.79 Å². The van der Waals surface area contributed by atoms with Crippen molar-refractivity contribution in [3.8, 4) is 0 Å². The first-order chi connectivity index (χ1) is 9.95. The first-order valence-corrected chi connectivity index (χ1v) is 7.82. The number of hydrogen-bond donors (Lipinski definition) is 1. The molecule has 21 heavy (non-hydrogen) atoms. The molecule has 0 atom stereocenters. The smallest absolute Gasteiger partial charge is 0.191 e. The van der Waals surface area contributed by atoms with E-state index in [1.807, 2.05) is 19.1 Å². The lowest BCUT2D eigenvalue weighted by molar-refractivity contribution is -0.114. The van der Waals surface area contributed by atoms with Crippen LogP contribution in [0.4, 0.5) is 11.5 Å². The number of carbonyl (C=O) groups is 1. The van der Waals surface area contributed by atoms with Crippen LogP contribution in [0.15, 0.2) is 29.4 Å². The Morgan fingerprint density at radius 3 is 2.81 bits per heavy atom. The van der Waals surface area contributed by atoms with E-state index in [0.29, 0.717) is 21.9 Å². The summed E-state index contributed by atoms with van der Waals surface area (Å²) in [5.74, 6) is 1.03. The van der Waals surface area contributed by atoms with Crippen LogP contribution in [-0.4, -0.2) is 21.5 Å². The van der Waals surface area contributed by atoms with E-state index in [4.69, 9.17) is 11.6 Å². The molecule has 0 aliphatic rings. The summed E-state index contributed by atoms with van der Waals surface area (Å²) in [6.45, 7) is 5.64. The molecule has 0 aliphatic carbocycles. The molecule has 0 spiro atoms. The number of ketones is 1. The predicted molar refractivity (Wildman–Crippen MR) is 87.6 cm³/mol. The van der Waals surface area contributed by atoms with Gasteiger partial charge in [0.15, 0.2) is 5.16 Å². The molecule has 1 heterocycles. The molecule has 0 saturated carbocycles. The van der Waals surface area contributed by atoms with E-state index in [9.17, 15) is 4.79 Å². The molecule has 0 radical (unpaired) electrons. The summed E-state index contributed by atoms with van der Waals surface area (Å²) in [7, 11) is 0. The lowest BCUT2D eigenvalue weighted by Gasteiger charge is -2.11. The molecule has 2 aromatic rings. The number of aromatic nitrogens is 2. The molecule has 0 fully saturated rings. The van der Waals surface area contributed by atoms with Crippen LogP contribution in [-0.2, 0) is 4.79 Å². The fourth-order valence-electron chi connectivity index (χ4n) is 1.72. The normalized spacial score (nSPS) is 10.5. The zero-order chi connectivity index (χ0) is 15.4. The largest absolute Gasteiger partial charge is 0.340 e. The number of Topliss-reactive ketones (excluding diaryl/α,β-unsaturated/α-hetero) is 1. The van der Waals surface area contributed by atoms with Crippen LogP contribution >= 0.6 is 23.4 Å². The maximum Gasteiger partial charge on any atom is 0.191 e. The second kappa shape index (κ2) is 6.91. The minimum Gasteiger partial charge on any atom is -0.340 e. The first-order valence-electron chi connectivity index (χ1n) is 6.46. The number of halogens is 1. The van der Waals surface area contributed by atoms with Gasteiger partial charge in [0.05, 0.1) is 5.75 Å². The number of nitrogens with one attached hydrogen (secondary N) is 1. The van der Waals surface area contributed by atoms with Gasteiger partial charge in [0.2, 0.25) is 0 Å². The van der Waals surface area contributed by atoms with Crippen molar-refractivity contribution in [2.24, 2.45) is 0 Å². The van der Waals surface area contributed by atoms with Gasteiger partial charge in [-0.1, -0.05) is 35.5 Å². The van der Waals surface area contributed by atoms with Gasteiger partial charge in [-0.3, -0.25) is 4.79 Å². The highest BCUT2D eigenvalue weighted by molar-refractivity contribution is 7.99. The molecule has 0 amide bonds.